The smallest absolute Gasteiger partial charge is 0.320 e. The second-order valence-corrected chi connectivity index (χ2v) is 9.87. The van der Waals surface area contributed by atoms with E-state index in [1.54, 1.807) is 24.4 Å². The number of carbonyl (C=O) groups excluding carboxylic acids is 2. The number of anilines is 2. The molecular formula is C22H28IN5O3. The number of para-hydroxylation sites is 1. The molecule has 1 aliphatic carbocycles. The number of rotatable bonds is 9. The van der Waals surface area contributed by atoms with E-state index in [9.17, 15) is 9.59 Å². The molecule has 1 fully saturated rings. The summed E-state index contributed by atoms with van der Waals surface area (Å²) in [5, 5.41) is 8.64. The Labute approximate surface area is 195 Å². The van der Waals surface area contributed by atoms with Crippen LogP contribution in [0.5, 0.6) is 5.75 Å². The van der Waals surface area contributed by atoms with Gasteiger partial charge in [0.05, 0.1) is 14.7 Å². The van der Waals surface area contributed by atoms with Crippen LogP contribution in [0.1, 0.15) is 48.5 Å². The standard InChI is InChI=1S/C22H28IN5O3/c1-2-25-21(30)28-18-12-15(8-11-26-18)13-27-19-16(20(24)29)6-5-7-17(19)31-14-22(23)9-3-4-10-22/h5-8,11-12,27H,2-4,9-10,13-14H2,1H3,(H2,24,29)(H2,25,26,28,30). The second kappa shape index (κ2) is 10.7. The maximum absolute atomic E-state index is 12.0. The molecule has 1 aromatic carbocycles. The van der Waals surface area contributed by atoms with Crippen LogP contribution in [0.2, 0.25) is 0 Å². The van der Waals surface area contributed by atoms with Gasteiger partial charge in [0, 0.05) is 19.3 Å². The number of ether oxygens (including phenoxy) is 1. The normalized spacial score (nSPS) is 14.6. The van der Waals surface area contributed by atoms with Crippen LogP contribution in [0.3, 0.4) is 0 Å². The zero-order valence-corrected chi connectivity index (χ0v) is 19.7. The Balaban J connectivity index is 1.74. The van der Waals surface area contributed by atoms with Gasteiger partial charge in [-0.1, -0.05) is 41.5 Å². The van der Waals surface area contributed by atoms with Crippen molar-refractivity contribution in [2.45, 2.75) is 42.6 Å². The number of carbonyl (C=O) groups is 2. The molecule has 31 heavy (non-hydrogen) atoms. The number of urea groups is 1. The fourth-order valence-corrected chi connectivity index (χ4v) is 4.48. The molecule has 3 amide bonds. The van der Waals surface area contributed by atoms with E-state index in [1.807, 2.05) is 19.1 Å². The predicted octanol–water partition coefficient (Wildman–Crippen LogP) is 4.06. The molecule has 1 saturated carbocycles. The predicted molar refractivity (Wildman–Crippen MR) is 130 cm³/mol. The summed E-state index contributed by atoms with van der Waals surface area (Å²) in [4.78, 5) is 27.9. The van der Waals surface area contributed by atoms with Gasteiger partial charge in [0.15, 0.2) is 0 Å². The summed E-state index contributed by atoms with van der Waals surface area (Å²) in [7, 11) is 0. The Kier molecular flexibility index (Phi) is 7.94. The average Bonchev–Trinajstić information content (AvgIpc) is 3.18. The number of nitrogens with one attached hydrogen (secondary N) is 3. The van der Waals surface area contributed by atoms with Gasteiger partial charge in [-0.15, -0.1) is 0 Å². The first-order chi connectivity index (χ1) is 14.9. The van der Waals surface area contributed by atoms with Gasteiger partial charge in [0.2, 0.25) is 0 Å². The van der Waals surface area contributed by atoms with Gasteiger partial charge >= 0.3 is 6.03 Å². The highest BCUT2D eigenvalue weighted by atomic mass is 127. The van der Waals surface area contributed by atoms with Gasteiger partial charge in [-0.25, -0.2) is 9.78 Å². The first-order valence-corrected chi connectivity index (χ1v) is 11.5. The lowest BCUT2D eigenvalue weighted by atomic mass is 10.1. The lowest BCUT2D eigenvalue weighted by Crippen LogP contribution is -2.28. The molecule has 0 saturated heterocycles. The maximum atomic E-state index is 12.0. The lowest BCUT2D eigenvalue weighted by molar-refractivity contribution is 0.100. The Hall–Kier alpha value is -2.56. The molecule has 0 aliphatic heterocycles. The molecular weight excluding hydrogens is 509 g/mol. The third kappa shape index (κ3) is 6.46. The van der Waals surface area contributed by atoms with Crippen LogP contribution < -0.4 is 26.4 Å². The number of alkyl halides is 1. The van der Waals surface area contributed by atoms with E-state index in [2.05, 4.69) is 43.5 Å². The maximum Gasteiger partial charge on any atom is 0.320 e. The summed E-state index contributed by atoms with van der Waals surface area (Å²) in [5.74, 6) is 0.526. The van der Waals surface area contributed by atoms with E-state index in [0.29, 0.717) is 42.5 Å². The Morgan fingerprint density at radius 2 is 2.03 bits per heavy atom. The van der Waals surface area contributed by atoms with Gasteiger partial charge in [0.1, 0.15) is 18.2 Å². The monoisotopic (exact) mass is 537 g/mol. The molecule has 0 unspecified atom stereocenters. The molecule has 166 valence electrons. The lowest BCUT2D eigenvalue weighted by Gasteiger charge is -2.23. The number of pyridine rings is 1. The third-order valence-electron chi connectivity index (χ3n) is 5.15. The average molecular weight is 537 g/mol. The van der Waals surface area contributed by atoms with Crippen molar-refractivity contribution in [1.82, 2.24) is 10.3 Å². The van der Waals surface area contributed by atoms with E-state index in [4.69, 9.17) is 10.5 Å². The van der Waals surface area contributed by atoms with Crippen molar-refractivity contribution >= 4 is 46.0 Å². The highest BCUT2D eigenvalue weighted by Gasteiger charge is 2.32. The largest absolute Gasteiger partial charge is 0.490 e. The number of hydrogen-bond acceptors (Lipinski definition) is 5. The Morgan fingerprint density at radius 3 is 2.74 bits per heavy atom. The Morgan fingerprint density at radius 1 is 1.26 bits per heavy atom. The topological polar surface area (TPSA) is 118 Å². The highest BCUT2D eigenvalue weighted by molar-refractivity contribution is 14.1. The SMILES string of the molecule is CCNC(=O)Nc1cc(CNc2c(OCC3(I)CCCC3)cccc2C(N)=O)ccn1. The summed E-state index contributed by atoms with van der Waals surface area (Å²) in [6.45, 7) is 3.36. The number of primary amides is 1. The zero-order chi connectivity index (χ0) is 22.3. The number of nitrogens with zero attached hydrogens (tertiary/aromatic N) is 1. The molecule has 3 rings (SSSR count). The van der Waals surface area contributed by atoms with E-state index in [0.717, 1.165) is 18.4 Å². The molecule has 0 atom stereocenters. The van der Waals surface area contributed by atoms with Crippen molar-refractivity contribution in [3.63, 3.8) is 0 Å². The van der Waals surface area contributed by atoms with Crippen molar-refractivity contribution in [2.24, 2.45) is 5.73 Å². The first kappa shape index (κ1) is 23.1. The summed E-state index contributed by atoms with van der Waals surface area (Å²) >= 11 is 2.49. The van der Waals surface area contributed by atoms with Gasteiger partial charge in [-0.3, -0.25) is 10.1 Å². The van der Waals surface area contributed by atoms with Crippen molar-refractivity contribution in [1.29, 1.82) is 0 Å². The fourth-order valence-electron chi connectivity index (χ4n) is 3.56. The molecule has 0 bridgehead atoms. The minimum absolute atomic E-state index is 0.127. The van der Waals surface area contributed by atoms with Crippen LogP contribution >= 0.6 is 22.6 Å². The van der Waals surface area contributed by atoms with Crippen molar-refractivity contribution in [3.05, 3.63) is 47.7 Å². The van der Waals surface area contributed by atoms with Crippen LogP contribution in [-0.2, 0) is 6.54 Å². The van der Waals surface area contributed by atoms with Gasteiger partial charge < -0.3 is 21.1 Å². The number of halogens is 1. The van der Waals surface area contributed by atoms with Crippen LogP contribution in [0.15, 0.2) is 36.5 Å². The molecule has 2 aromatic rings. The van der Waals surface area contributed by atoms with E-state index >= 15 is 0 Å². The zero-order valence-electron chi connectivity index (χ0n) is 17.5. The summed E-state index contributed by atoms with van der Waals surface area (Å²) < 4.78 is 6.28. The molecule has 9 heteroatoms. The van der Waals surface area contributed by atoms with Crippen molar-refractivity contribution in [2.75, 3.05) is 23.8 Å². The van der Waals surface area contributed by atoms with Crippen LogP contribution in [0.4, 0.5) is 16.3 Å². The van der Waals surface area contributed by atoms with Gasteiger partial charge in [0.25, 0.3) is 5.91 Å². The first-order valence-electron chi connectivity index (χ1n) is 10.4. The minimum atomic E-state index is -0.522. The van der Waals surface area contributed by atoms with Crippen molar-refractivity contribution < 1.29 is 14.3 Å². The number of hydrogen-bond donors (Lipinski definition) is 4. The Bertz CT molecular complexity index is 931. The molecule has 0 radical (unpaired) electrons. The number of aromatic nitrogens is 1. The molecule has 1 aromatic heterocycles. The van der Waals surface area contributed by atoms with E-state index < -0.39 is 5.91 Å². The van der Waals surface area contributed by atoms with Crippen LogP contribution in [0, 0.1) is 0 Å². The minimum Gasteiger partial charge on any atom is -0.490 e. The highest BCUT2D eigenvalue weighted by Crippen LogP contribution is 2.39. The molecule has 5 N–H and O–H groups in total. The molecule has 1 heterocycles. The number of nitrogens with two attached hydrogens (primary N) is 1. The molecule has 0 spiro atoms. The molecule has 8 nitrogen and oxygen atoms in total. The summed E-state index contributed by atoms with van der Waals surface area (Å²) in [6, 6.07) is 8.60. The van der Waals surface area contributed by atoms with Crippen LogP contribution in [-0.4, -0.2) is 33.5 Å². The number of amides is 3. The van der Waals surface area contributed by atoms with Crippen LogP contribution in [0.25, 0.3) is 0 Å². The third-order valence-corrected chi connectivity index (χ3v) is 6.54. The summed E-state index contributed by atoms with van der Waals surface area (Å²) in [5.41, 5.74) is 7.43. The van der Waals surface area contributed by atoms with E-state index in [-0.39, 0.29) is 9.45 Å². The second-order valence-electron chi connectivity index (χ2n) is 7.58. The van der Waals surface area contributed by atoms with Crippen molar-refractivity contribution in [3.8, 4) is 5.75 Å². The van der Waals surface area contributed by atoms with Gasteiger partial charge in [-0.2, -0.15) is 0 Å². The number of benzene rings is 1. The molecule has 1 aliphatic rings. The van der Waals surface area contributed by atoms with E-state index in [1.165, 1.54) is 12.8 Å². The quantitative estimate of drug-likeness (QED) is 0.284. The van der Waals surface area contributed by atoms with Gasteiger partial charge in [-0.05, 0) is 49.6 Å². The summed E-state index contributed by atoms with van der Waals surface area (Å²) in [6.07, 6.45) is 6.31. The fraction of sp³-hybridized carbons (Fsp3) is 0.409.